The molecule has 0 amide bonds. The van der Waals surface area contributed by atoms with E-state index in [1.165, 1.54) is 19.3 Å². The standard InChI is InChI=1S/C44H74O14P2/c1-3-5-7-9-11-12-13-14-15-16-17-18-22-26-30-34-43(47)54-38-42(39-57-60(52,53)56-37-41(46)36-55-59(49,50)51)58-44(48)35-31-27-23-20-19-21-25-29-33-40(45)32-28-24-10-8-6-4-2/h6,8,11-12,14-15,20-21,23-25,28-29,33,40-42,45-46H,3-5,7,9-10,13,16-19,22,26-27,30-32,34-39H2,1-2H3,(H,52,53)(H2,49,50,51)/b8-6-,12-11-,15-14-,23-20-,25-21-,28-24-,33-29+/t40?,41-,42+/m0/s1. The van der Waals surface area contributed by atoms with E-state index < -0.39 is 72.3 Å². The SMILES string of the molecule is CC/C=C\C/C=C\CC(O)/C=C/C=C\C/C=C\CCCC(=O)O[C@H](COC(=O)CCCCCCC/C=C\C/C=C\CCCCC)COP(=O)(O)OC[C@@H](O)COP(=O)(O)O. The van der Waals surface area contributed by atoms with E-state index in [0.29, 0.717) is 32.1 Å². The third kappa shape index (κ3) is 42.0. The van der Waals surface area contributed by atoms with Gasteiger partial charge in [-0.3, -0.25) is 23.2 Å². The maximum Gasteiger partial charge on any atom is 0.472 e. The van der Waals surface area contributed by atoms with Crippen molar-refractivity contribution in [2.75, 3.05) is 26.4 Å². The van der Waals surface area contributed by atoms with Gasteiger partial charge in [-0.2, -0.15) is 0 Å². The van der Waals surface area contributed by atoms with E-state index in [-0.39, 0.29) is 12.8 Å². The number of ether oxygens (including phenoxy) is 2. The molecule has 60 heavy (non-hydrogen) atoms. The average Bonchev–Trinajstić information content (AvgIpc) is 3.20. The Morgan fingerprint density at radius 3 is 1.78 bits per heavy atom. The van der Waals surface area contributed by atoms with Crippen LogP contribution in [-0.2, 0) is 41.8 Å². The smallest absolute Gasteiger partial charge is 0.462 e. The molecular weight excluding hydrogens is 814 g/mol. The molecular formula is C44H74O14P2. The zero-order valence-corrected chi connectivity index (χ0v) is 37.7. The number of hydrogen-bond donors (Lipinski definition) is 5. The van der Waals surface area contributed by atoms with Crippen molar-refractivity contribution >= 4 is 27.6 Å². The summed E-state index contributed by atoms with van der Waals surface area (Å²) in [5.41, 5.74) is 0. The highest BCUT2D eigenvalue weighted by Crippen LogP contribution is 2.43. The maximum atomic E-state index is 12.6. The Labute approximate surface area is 359 Å². The Bertz CT molecular complexity index is 1400. The van der Waals surface area contributed by atoms with Gasteiger partial charge in [-0.05, 0) is 77.0 Å². The molecule has 344 valence electrons. The molecule has 0 rings (SSSR count). The molecule has 0 aromatic heterocycles. The molecule has 16 heteroatoms. The molecule has 0 aromatic rings. The van der Waals surface area contributed by atoms with E-state index in [1.54, 1.807) is 12.2 Å². The minimum atomic E-state index is -4.88. The first-order valence-electron chi connectivity index (χ1n) is 21.4. The van der Waals surface area contributed by atoms with Gasteiger partial charge in [0.25, 0.3) is 0 Å². The first kappa shape index (κ1) is 57.3. The zero-order chi connectivity index (χ0) is 44.6. The number of aliphatic hydroxyl groups is 2. The summed E-state index contributed by atoms with van der Waals surface area (Å²) >= 11 is 0. The van der Waals surface area contributed by atoms with Crippen molar-refractivity contribution in [3.63, 3.8) is 0 Å². The van der Waals surface area contributed by atoms with Crippen LogP contribution in [0.25, 0.3) is 0 Å². The van der Waals surface area contributed by atoms with Gasteiger partial charge in [0.2, 0.25) is 0 Å². The second-order valence-electron chi connectivity index (χ2n) is 14.1. The monoisotopic (exact) mass is 888 g/mol. The second-order valence-corrected chi connectivity index (χ2v) is 16.8. The van der Waals surface area contributed by atoms with Gasteiger partial charge in [-0.25, -0.2) is 9.13 Å². The fraction of sp³-hybridized carbons (Fsp3) is 0.636. The highest BCUT2D eigenvalue weighted by molar-refractivity contribution is 7.47. The van der Waals surface area contributed by atoms with Gasteiger partial charge in [0.15, 0.2) is 6.10 Å². The lowest BCUT2D eigenvalue weighted by atomic mass is 10.1. The molecule has 0 fully saturated rings. The number of carbonyl (C=O) groups excluding carboxylic acids is 2. The van der Waals surface area contributed by atoms with Gasteiger partial charge in [0.05, 0.1) is 25.9 Å². The van der Waals surface area contributed by atoms with Gasteiger partial charge >= 0.3 is 27.6 Å². The van der Waals surface area contributed by atoms with Crippen LogP contribution < -0.4 is 0 Å². The Morgan fingerprint density at radius 1 is 0.567 bits per heavy atom. The number of hydrogen-bond acceptors (Lipinski definition) is 11. The summed E-state index contributed by atoms with van der Waals surface area (Å²) in [4.78, 5) is 52.6. The van der Waals surface area contributed by atoms with Crippen LogP contribution in [0.2, 0.25) is 0 Å². The number of phosphoric acid groups is 2. The van der Waals surface area contributed by atoms with E-state index in [1.807, 2.05) is 36.5 Å². The van der Waals surface area contributed by atoms with Crippen molar-refractivity contribution in [1.82, 2.24) is 0 Å². The Hall–Kier alpha value is -2.74. The Morgan fingerprint density at radius 2 is 1.12 bits per heavy atom. The minimum Gasteiger partial charge on any atom is -0.462 e. The number of aliphatic hydroxyl groups excluding tert-OH is 2. The van der Waals surface area contributed by atoms with Gasteiger partial charge < -0.3 is 34.4 Å². The number of esters is 2. The molecule has 0 spiro atoms. The highest BCUT2D eigenvalue weighted by atomic mass is 31.2. The third-order valence-corrected chi connectivity index (χ3v) is 9.77. The summed E-state index contributed by atoms with van der Waals surface area (Å²) in [5, 5.41) is 19.8. The van der Waals surface area contributed by atoms with Crippen LogP contribution in [0.4, 0.5) is 0 Å². The number of unbranched alkanes of at least 4 members (excludes halogenated alkanes) is 9. The Balaban J connectivity index is 4.73. The fourth-order valence-electron chi connectivity index (χ4n) is 5.08. The summed E-state index contributed by atoms with van der Waals surface area (Å²) in [6.07, 6.45) is 40.4. The molecule has 0 aromatic carbocycles. The van der Waals surface area contributed by atoms with Crippen LogP contribution in [-0.4, -0.2) is 81.6 Å². The molecule has 14 nitrogen and oxygen atoms in total. The molecule has 0 aliphatic heterocycles. The summed E-state index contributed by atoms with van der Waals surface area (Å²) in [6.45, 7) is 1.43. The topological polar surface area (TPSA) is 216 Å². The molecule has 4 atom stereocenters. The summed E-state index contributed by atoms with van der Waals surface area (Å²) in [6, 6.07) is 0. The van der Waals surface area contributed by atoms with Crippen LogP contribution in [0.5, 0.6) is 0 Å². The average molecular weight is 889 g/mol. The predicted molar refractivity (Wildman–Crippen MR) is 236 cm³/mol. The second kappa shape index (κ2) is 39.1. The summed E-state index contributed by atoms with van der Waals surface area (Å²) in [7, 11) is -9.73. The first-order chi connectivity index (χ1) is 28.8. The molecule has 0 radical (unpaired) electrons. The van der Waals surface area contributed by atoms with Crippen molar-refractivity contribution in [1.29, 1.82) is 0 Å². The van der Waals surface area contributed by atoms with Gasteiger partial charge in [-0.1, -0.05) is 131 Å². The van der Waals surface area contributed by atoms with Crippen LogP contribution in [0.1, 0.15) is 136 Å². The molecule has 2 unspecified atom stereocenters. The van der Waals surface area contributed by atoms with E-state index in [4.69, 9.17) is 23.8 Å². The molecule has 0 saturated carbocycles. The normalized spacial score (nSPS) is 15.4. The van der Waals surface area contributed by atoms with Gasteiger partial charge in [0.1, 0.15) is 12.7 Å². The number of carbonyl (C=O) groups is 2. The molecule has 0 aliphatic carbocycles. The van der Waals surface area contributed by atoms with E-state index in [9.17, 15) is 33.8 Å². The lowest BCUT2D eigenvalue weighted by Gasteiger charge is -2.20. The lowest BCUT2D eigenvalue weighted by Crippen LogP contribution is -2.29. The van der Waals surface area contributed by atoms with E-state index in [2.05, 4.69) is 59.4 Å². The largest absolute Gasteiger partial charge is 0.472 e. The Kier molecular flexibility index (Phi) is 37.3. The third-order valence-electron chi connectivity index (χ3n) is 8.34. The molecule has 0 aliphatic rings. The van der Waals surface area contributed by atoms with Crippen LogP contribution in [0.3, 0.4) is 0 Å². The lowest BCUT2D eigenvalue weighted by molar-refractivity contribution is -0.161. The number of rotatable bonds is 39. The van der Waals surface area contributed by atoms with Gasteiger partial charge in [-0.15, -0.1) is 0 Å². The van der Waals surface area contributed by atoms with Crippen LogP contribution >= 0.6 is 15.6 Å². The zero-order valence-electron chi connectivity index (χ0n) is 35.9. The maximum absolute atomic E-state index is 12.6. The van der Waals surface area contributed by atoms with E-state index in [0.717, 1.165) is 57.8 Å². The van der Waals surface area contributed by atoms with Gasteiger partial charge in [0, 0.05) is 12.8 Å². The molecule has 0 bridgehead atoms. The first-order valence-corrected chi connectivity index (χ1v) is 24.4. The van der Waals surface area contributed by atoms with Crippen LogP contribution in [0.15, 0.2) is 85.1 Å². The molecule has 0 saturated heterocycles. The predicted octanol–water partition coefficient (Wildman–Crippen LogP) is 9.75. The molecule has 0 heterocycles. The highest BCUT2D eigenvalue weighted by Gasteiger charge is 2.28. The van der Waals surface area contributed by atoms with Crippen molar-refractivity contribution in [2.24, 2.45) is 0 Å². The van der Waals surface area contributed by atoms with Crippen molar-refractivity contribution in [3.8, 4) is 0 Å². The van der Waals surface area contributed by atoms with Crippen molar-refractivity contribution in [3.05, 3.63) is 85.1 Å². The van der Waals surface area contributed by atoms with Crippen molar-refractivity contribution < 1.29 is 66.7 Å². The fourth-order valence-corrected chi connectivity index (χ4v) is 6.24. The summed E-state index contributed by atoms with van der Waals surface area (Å²) < 4.78 is 47.6. The minimum absolute atomic E-state index is 0.0135. The quantitative estimate of drug-likeness (QED) is 0.0128. The van der Waals surface area contributed by atoms with Crippen LogP contribution in [0, 0.1) is 0 Å². The summed E-state index contributed by atoms with van der Waals surface area (Å²) in [5.74, 6) is -1.16. The van der Waals surface area contributed by atoms with Crippen molar-refractivity contribution in [2.45, 2.75) is 154 Å². The number of phosphoric ester groups is 2. The van der Waals surface area contributed by atoms with E-state index >= 15 is 0 Å². The molecule has 5 N–H and O–H groups in total. The number of allylic oxidation sites excluding steroid dienone is 12.